The van der Waals surface area contributed by atoms with Crippen molar-refractivity contribution in [2.75, 3.05) is 13.2 Å². The summed E-state index contributed by atoms with van der Waals surface area (Å²) in [4.78, 5) is 22.2. The van der Waals surface area contributed by atoms with E-state index in [2.05, 4.69) is 0 Å². The monoisotopic (exact) mass is 398 g/mol. The van der Waals surface area contributed by atoms with E-state index in [9.17, 15) is 14.7 Å². The van der Waals surface area contributed by atoms with E-state index in [-0.39, 0.29) is 11.5 Å². The minimum Gasteiger partial charge on any atom is -0.507 e. The van der Waals surface area contributed by atoms with Crippen molar-refractivity contribution in [1.29, 1.82) is 0 Å². The maximum absolute atomic E-state index is 11.6. The number of phenolic OH excluding ortho intramolecular Hbond substituents is 1. The molecule has 0 saturated heterocycles. The van der Waals surface area contributed by atoms with Gasteiger partial charge in [-0.25, -0.2) is 4.79 Å². The summed E-state index contributed by atoms with van der Waals surface area (Å²) in [6, 6.07) is 10.5. The van der Waals surface area contributed by atoms with Gasteiger partial charge in [-0.2, -0.15) is 0 Å². The molecule has 0 atom stereocenters. The van der Waals surface area contributed by atoms with Crippen LogP contribution in [-0.2, 0) is 11.2 Å². The Labute approximate surface area is 170 Å². The summed E-state index contributed by atoms with van der Waals surface area (Å²) < 4.78 is 11.5. The Hall–Kier alpha value is -3.28. The second-order valence-corrected chi connectivity index (χ2v) is 6.54. The third-order valence-corrected chi connectivity index (χ3v) is 4.21. The van der Waals surface area contributed by atoms with E-state index in [1.54, 1.807) is 36.4 Å². The summed E-state index contributed by atoms with van der Waals surface area (Å²) in [5, 5.41) is 19.0. The number of aliphatic carboxylic acids is 1. The molecule has 154 valence electrons. The van der Waals surface area contributed by atoms with Crippen LogP contribution in [0.2, 0.25) is 0 Å². The van der Waals surface area contributed by atoms with Crippen molar-refractivity contribution in [2.45, 2.75) is 33.1 Å². The number of carbonyl (C=O) groups is 2. The van der Waals surface area contributed by atoms with Gasteiger partial charge in [-0.1, -0.05) is 25.5 Å². The van der Waals surface area contributed by atoms with Crippen molar-refractivity contribution in [3.8, 4) is 17.2 Å². The number of aromatic hydroxyl groups is 1. The molecule has 29 heavy (non-hydrogen) atoms. The SMILES string of the molecule is CCCc1c(OCCCOc2cccc(/C=C/C(=O)O)c2)ccc(C(C)=O)c1O. The van der Waals surface area contributed by atoms with Crippen LogP contribution in [-0.4, -0.2) is 35.2 Å². The van der Waals surface area contributed by atoms with Gasteiger partial charge in [0.25, 0.3) is 0 Å². The standard InChI is InChI=1S/C23H26O6/c1-3-6-20-21(11-10-19(16(2)24)23(20)27)29-14-5-13-28-18-8-4-7-17(15-18)9-12-22(25)26/h4,7-12,15,27H,3,5-6,13-14H2,1-2H3,(H,25,26)/b12-9+. The molecule has 0 aliphatic carbocycles. The van der Waals surface area contributed by atoms with Gasteiger partial charge in [0.05, 0.1) is 18.8 Å². The summed E-state index contributed by atoms with van der Waals surface area (Å²) in [6.07, 6.45) is 4.64. The van der Waals surface area contributed by atoms with E-state index in [0.29, 0.717) is 48.7 Å². The summed E-state index contributed by atoms with van der Waals surface area (Å²) in [6.45, 7) is 4.24. The third-order valence-electron chi connectivity index (χ3n) is 4.21. The van der Waals surface area contributed by atoms with Crippen molar-refractivity contribution in [3.05, 3.63) is 59.2 Å². The average Bonchev–Trinajstić information content (AvgIpc) is 2.68. The Kier molecular flexibility index (Phi) is 8.27. The van der Waals surface area contributed by atoms with Gasteiger partial charge >= 0.3 is 5.97 Å². The minimum absolute atomic E-state index is 0.000620. The van der Waals surface area contributed by atoms with Gasteiger partial charge in [-0.3, -0.25) is 4.79 Å². The van der Waals surface area contributed by atoms with Gasteiger partial charge in [-0.05, 0) is 49.2 Å². The molecule has 0 unspecified atom stereocenters. The van der Waals surface area contributed by atoms with Gasteiger partial charge < -0.3 is 19.7 Å². The van der Waals surface area contributed by atoms with Crippen LogP contribution in [0.3, 0.4) is 0 Å². The number of carbonyl (C=O) groups excluding carboxylic acids is 1. The summed E-state index contributed by atoms with van der Waals surface area (Å²) in [5.74, 6) is 0.0423. The molecule has 2 rings (SSSR count). The van der Waals surface area contributed by atoms with Crippen LogP contribution < -0.4 is 9.47 Å². The van der Waals surface area contributed by atoms with Crippen LogP contribution in [0.1, 0.15) is 48.2 Å². The zero-order valence-electron chi connectivity index (χ0n) is 16.7. The molecule has 0 saturated carbocycles. The molecule has 2 aromatic rings. The number of rotatable bonds is 11. The van der Waals surface area contributed by atoms with Gasteiger partial charge in [0, 0.05) is 18.1 Å². The largest absolute Gasteiger partial charge is 0.507 e. The van der Waals surface area contributed by atoms with Crippen LogP contribution in [0.5, 0.6) is 17.2 Å². The molecule has 2 aromatic carbocycles. The molecular formula is C23H26O6. The van der Waals surface area contributed by atoms with Crippen molar-refractivity contribution >= 4 is 17.8 Å². The maximum Gasteiger partial charge on any atom is 0.328 e. The average molecular weight is 398 g/mol. The van der Waals surface area contributed by atoms with E-state index < -0.39 is 5.97 Å². The molecule has 0 spiro atoms. The molecule has 0 fully saturated rings. The molecular weight excluding hydrogens is 372 g/mol. The first kappa shape index (κ1) is 22.0. The number of hydrogen-bond donors (Lipinski definition) is 2. The lowest BCUT2D eigenvalue weighted by molar-refractivity contribution is -0.131. The zero-order chi connectivity index (χ0) is 21.2. The summed E-state index contributed by atoms with van der Waals surface area (Å²) >= 11 is 0. The molecule has 6 nitrogen and oxygen atoms in total. The molecule has 0 radical (unpaired) electrons. The second kappa shape index (κ2) is 10.9. The van der Waals surface area contributed by atoms with E-state index in [4.69, 9.17) is 14.6 Å². The lowest BCUT2D eigenvalue weighted by Crippen LogP contribution is -2.07. The van der Waals surface area contributed by atoms with E-state index in [1.807, 2.05) is 6.92 Å². The molecule has 0 aromatic heterocycles. The topological polar surface area (TPSA) is 93.1 Å². The Bertz CT molecular complexity index is 885. The predicted molar refractivity (Wildman–Crippen MR) is 111 cm³/mol. The van der Waals surface area contributed by atoms with Crippen molar-refractivity contribution in [2.24, 2.45) is 0 Å². The van der Waals surface area contributed by atoms with Gasteiger partial charge in [0.2, 0.25) is 0 Å². The van der Waals surface area contributed by atoms with Crippen molar-refractivity contribution in [1.82, 2.24) is 0 Å². The second-order valence-electron chi connectivity index (χ2n) is 6.54. The van der Waals surface area contributed by atoms with Crippen molar-refractivity contribution < 1.29 is 29.3 Å². The Morgan fingerprint density at radius 1 is 1.10 bits per heavy atom. The fourth-order valence-corrected chi connectivity index (χ4v) is 2.84. The lowest BCUT2D eigenvalue weighted by atomic mass is 10.0. The zero-order valence-corrected chi connectivity index (χ0v) is 16.7. The number of ketones is 1. The first-order valence-corrected chi connectivity index (χ1v) is 9.54. The number of hydrogen-bond acceptors (Lipinski definition) is 5. The van der Waals surface area contributed by atoms with Crippen molar-refractivity contribution in [3.63, 3.8) is 0 Å². The van der Waals surface area contributed by atoms with Gasteiger partial charge in [0.15, 0.2) is 5.78 Å². The highest BCUT2D eigenvalue weighted by molar-refractivity contribution is 5.97. The van der Waals surface area contributed by atoms with Crippen LogP contribution in [0, 0.1) is 0 Å². The van der Waals surface area contributed by atoms with Crippen LogP contribution in [0.4, 0.5) is 0 Å². The highest BCUT2D eigenvalue weighted by Crippen LogP contribution is 2.33. The molecule has 2 N–H and O–H groups in total. The molecule has 0 aliphatic heterocycles. The van der Waals surface area contributed by atoms with Crippen LogP contribution in [0.15, 0.2) is 42.5 Å². The lowest BCUT2D eigenvalue weighted by Gasteiger charge is -2.15. The highest BCUT2D eigenvalue weighted by Gasteiger charge is 2.15. The smallest absolute Gasteiger partial charge is 0.328 e. The molecule has 0 amide bonds. The number of carboxylic acid groups (broad SMARTS) is 1. The Balaban J connectivity index is 1.89. The molecule has 0 heterocycles. The number of carboxylic acids is 1. The fraction of sp³-hybridized carbons (Fsp3) is 0.304. The van der Waals surface area contributed by atoms with E-state index in [1.165, 1.54) is 13.0 Å². The number of ether oxygens (including phenoxy) is 2. The van der Waals surface area contributed by atoms with Gasteiger partial charge in [-0.15, -0.1) is 0 Å². The molecule has 0 aliphatic rings. The summed E-state index contributed by atoms with van der Waals surface area (Å²) in [7, 11) is 0. The Morgan fingerprint density at radius 2 is 1.86 bits per heavy atom. The Morgan fingerprint density at radius 3 is 2.55 bits per heavy atom. The van der Waals surface area contributed by atoms with Gasteiger partial charge in [0.1, 0.15) is 17.2 Å². The fourth-order valence-electron chi connectivity index (χ4n) is 2.84. The van der Waals surface area contributed by atoms with E-state index in [0.717, 1.165) is 18.1 Å². The van der Waals surface area contributed by atoms with Crippen LogP contribution >= 0.6 is 0 Å². The normalized spacial score (nSPS) is 10.8. The minimum atomic E-state index is -1.00. The summed E-state index contributed by atoms with van der Waals surface area (Å²) in [5.41, 5.74) is 1.70. The first-order chi connectivity index (χ1) is 13.9. The number of Topliss-reactive ketones (excluding diaryl/α,β-unsaturated/α-hetero) is 1. The van der Waals surface area contributed by atoms with Crippen LogP contribution in [0.25, 0.3) is 6.08 Å². The molecule has 6 heteroatoms. The third kappa shape index (κ3) is 6.68. The highest BCUT2D eigenvalue weighted by atomic mass is 16.5. The molecule has 0 bridgehead atoms. The van der Waals surface area contributed by atoms with E-state index >= 15 is 0 Å². The first-order valence-electron chi connectivity index (χ1n) is 9.54. The quantitative estimate of drug-likeness (QED) is 0.329. The number of phenols is 1. The predicted octanol–water partition coefficient (Wildman–Crippen LogP) is 4.49. The maximum atomic E-state index is 11.6. The number of benzene rings is 2.